The lowest BCUT2D eigenvalue weighted by Crippen LogP contribution is -1.89. The summed E-state index contributed by atoms with van der Waals surface area (Å²) in [5.74, 6) is 0. The van der Waals surface area contributed by atoms with Gasteiger partial charge in [0.05, 0.1) is 0 Å². The van der Waals surface area contributed by atoms with E-state index in [4.69, 9.17) is 10.8 Å². The van der Waals surface area contributed by atoms with Crippen LogP contribution in [0.4, 0.5) is 5.13 Å². The largest absolute Gasteiger partial charge is 0.382 e. The van der Waals surface area contributed by atoms with Crippen LogP contribution in [0.25, 0.3) is 0 Å². The first-order chi connectivity index (χ1) is 4.68. The second-order valence-electron chi connectivity index (χ2n) is 1.62. The molecule has 10 heavy (non-hydrogen) atoms. The molecular weight excluding hydrogens is 170 g/mol. The molecule has 0 bridgehead atoms. The SMILES string of the molecule is CC(O)Sc1nnc(N)s1. The summed E-state index contributed by atoms with van der Waals surface area (Å²) in [6.45, 7) is 1.67. The fraction of sp³-hybridized carbons (Fsp3) is 0.500. The number of anilines is 1. The van der Waals surface area contributed by atoms with Gasteiger partial charge in [-0.2, -0.15) is 0 Å². The highest BCUT2D eigenvalue weighted by Gasteiger charge is 2.04. The maximum atomic E-state index is 8.88. The number of rotatable bonds is 2. The van der Waals surface area contributed by atoms with E-state index in [0.29, 0.717) is 9.47 Å². The molecule has 0 saturated heterocycles. The van der Waals surface area contributed by atoms with Gasteiger partial charge < -0.3 is 10.8 Å². The third kappa shape index (κ3) is 2.13. The Morgan fingerprint density at radius 3 is 2.80 bits per heavy atom. The zero-order valence-electron chi connectivity index (χ0n) is 5.31. The van der Waals surface area contributed by atoms with Gasteiger partial charge in [0.2, 0.25) is 5.13 Å². The normalized spacial score (nSPS) is 13.4. The summed E-state index contributed by atoms with van der Waals surface area (Å²) in [5, 5.41) is 16.6. The summed E-state index contributed by atoms with van der Waals surface area (Å²) < 4.78 is 0.701. The van der Waals surface area contributed by atoms with Crippen LogP contribution in [0, 0.1) is 0 Å². The summed E-state index contributed by atoms with van der Waals surface area (Å²) in [5.41, 5.74) is 4.85. The van der Waals surface area contributed by atoms with E-state index in [0.717, 1.165) is 0 Å². The lowest BCUT2D eigenvalue weighted by Gasteiger charge is -1.95. The van der Waals surface area contributed by atoms with Gasteiger partial charge in [-0.3, -0.25) is 0 Å². The molecule has 6 heteroatoms. The molecule has 1 aromatic heterocycles. The number of thioether (sulfide) groups is 1. The quantitative estimate of drug-likeness (QED) is 0.510. The minimum absolute atomic E-state index is 0.433. The first-order valence-electron chi connectivity index (χ1n) is 2.62. The molecule has 1 unspecified atom stereocenters. The molecule has 1 atom stereocenters. The first kappa shape index (κ1) is 7.77. The molecule has 1 aromatic rings. The summed E-state index contributed by atoms with van der Waals surface area (Å²) in [7, 11) is 0. The Hall–Kier alpha value is -0.330. The van der Waals surface area contributed by atoms with Gasteiger partial charge >= 0.3 is 0 Å². The van der Waals surface area contributed by atoms with E-state index in [1.165, 1.54) is 23.1 Å². The molecule has 0 saturated carbocycles. The van der Waals surface area contributed by atoms with Gasteiger partial charge in [0.15, 0.2) is 4.34 Å². The number of hydrogen-bond donors (Lipinski definition) is 2. The second-order valence-corrected chi connectivity index (χ2v) is 4.20. The minimum Gasteiger partial charge on any atom is -0.382 e. The van der Waals surface area contributed by atoms with Gasteiger partial charge in [-0.05, 0) is 6.92 Å². The Bertz CT molecular complexity index is 212. The summed E-state index contributed by atoms with van der Waals surface area (Å²) >= 11 is 2.51. The third-order valence-electron chi connectivity index (χ3n) is 0.693. The van der Waals surface area contributed by atoms with Crippen molar-refractivity contribution in [2.45, 2.75) is 16.7 Å². The van der Waals surface area contributed by atoms with E-state index in [1.807, 2.05) is 0 Å². The predicted molar refractivity (Wildman–Crippen MR) is 41.9 cm³/mol. The average Bonchev–Trinajstić information content (AvgIpc) is 2.13. The highest BCUT2D eigenvalue weighted by molar-refractivity contribution is 8.01. The van der Waals surface area contributed by atoms with Crippen LogP contribution in [-0.4, -0.2) is 20.7 Å². The molecule has 0 spiro atoms. The number of nitrogens with zero attached hydrogens (tertiary/aromatic N) is 2. The summed E-state index contributed by atoms with van der Waals surface area (Å²) in [4.78, 5) is 0. The van der Waals surface area contributed by atoms with Crippen LogP contribution in [0.1, 0.15) is 6.92 Å². The molecule has 1 heterocycles. The van der Waals surface area contributed by atoms with Crippen LogP contribution in [0.2, 0.25) is 0 Å². The topological polar surface area (TPSA) is 72.0 Å². The molecule has 0 fully saturated rings. The van der Waals surface area contributed by atoms with Crippen molar-refractivity contribution in [2.24, 2.45) is 0 Å². The van der Waals surface area contributed by atoms with Crippen LogP contribution in [0.3, 0.4) is 0 Å². The Morgan fingerprint density at radius 1 is 1.70 bits per heavy atom. The molecule has 1 rings (SSSR count). The summed E-state index contributed by atoms with van der Waals surface area (Å²) in [6.07, 6.45) is 0. The molecule has 0 aliphatic heterocycles. The van der Waals surface area contributed by atoms with Gasteiger partial charge in [-0.25, -0.2) is 0 Å². The number of aromatic nitrogens is 2. The van der Waals surface area contributed by atoms with E-state index in [1.54, 1.807) is 6.92 Å². The van der Waals surface area contributed by atoms with Gasteiger partial charge in [-0.15, -0.1) is 10.2 Å². The monoisotopic (exact) mass is 177 g/mol. The Kier molecular flexibility index (Phi) is 2.47. The highest BCUT2D eigenvalue weighted by Crippen LogP contribution is 2.25. The maximum absolute atomic E-state index is 8.88. The number of nitrogen functional groups attached to an aromatic ring is 1. The van der Waals surface area contributed by atoms with Crippen molar-refractivity contribution >= 4 is 28.2 Å². The zero-order valence-corrected chi connectivity index (χ0v) is 6.95. The molecule has 3 N–H and O–H groups in total. The third-order valence-corrected chi connectivity index (χ3v) is 2.40. The van der Waals surface area contributed by atoms with Crippen LogP contribution >= 0.6 is 23.1 Å². The Morgan fingerprint density at radius 2 is 2.40 bits per heavy atom. The lowest BCUT2D eigenvalue weighted by atomic mass is 10.9. The Labute approximate surface area is 66.5 Å². The van der Waals surface area contributed by atoms with Crippen molar-refractivity contribution in [3.05, 3.63) is 0 Å². The first-order valence-corrected chi connectivity index (χ1v) is 4.32. The number of aliphatic hydroxyl groups excluding tert-OH is 1. The van der Waals surface area contributed by atoms with Crippen molar-refractivity contribution in [3.8, 4) is 0 Å². The molecule has 0 aliphatic rings. The van der Waals surface area contributed by atoms with E-state index < -0.39 is 5.44 Å². The molecule has 0 radical (unpaired) electrons. The van der Waals surface area contributed by atoms with E-state index in [9.17, 15) is 0 Å². The van der Waals surface area contributed by atoms with E-state index in [2.05, 4.69) is 10.2 Å². The average molecular weight is 177 g/mol. The zero-order chi connectivity index (χ0) is 7.56. The van der Waals surface area contributed by atoms with Crippen molar-refractivity contribution in [1.29, 1.82) is 0 Å². The van der Waals surface area contributed by atoms with Crippen LogP contribution < -0.4 is 5.73 Å². The Balaban J connectivity index is 2.58. The van der Waals surface area contributed by atoms with E-state index >= 15 is 0 Å². The fourth-order valence-electron chi connectivity index (χ4n) is 0.414. The van der Waals surface area contributed by atoms with Gasteiger partial charge in [0.1, 0.15) is 5.44 Å². The molecule has 0 aromatic carbocycles. The molecule has 56 valence electrons. The van der Waals surface area contributed by atoms with E-state index in [-0.39, 0.29) is 0 Å². The van der Waals surface area contributed by atoms with Crippen LogP contribution in [0.5, 0.6) is 0 Å². The van der Waals surface area contributed by atoms with Gasteiger partial charge in [0, 0.05) is 0 Å². The highest BCUT2D eigenvalue weighted by atomic mass is 32.2. The minimum atomic E-state index is -0.452. The molecule has 0 aliphatic carbocycles. The number of hydrogen-bond acceptors (Lipinski definition) is 6. The van der Waals surface area contributed by atoms with Gasteiger partial charge in [-0.1, -0.05) is 23.1 Å². The molecular formula is C4H7N3OS2. The standard InChI is InChI=1S/C4H7N3OS2/c1-2(8)9-4-7-6-3(5)10-4/h2,8H,1H3,(H2,5,6). The van der Waals surface area contributed by atoms with Crippen molar-refractivity contribution < 1.29 is 5.11 Å². The molecule has 4 nitrogen and oxygen atoms in total. The predicted octanol–water partition coefficient (Wildman–Crippen LogP) is 0.551. The maximum Gasteiger partial charge on any atom is 0.203 e. The smallest absolute Gasteiger partial charge is 0.203 e. The fourth-order valence-corrected chi connectivity index (χ4v) is 2.00. The van der Waals surface area contributed by atoms with Crippen molar-refractivity contribution in [3.63, 3.8) is 0 Å². The molecule has 0 amide bonds. The van der Waals surface area contributed by atoms with Crippen LogP contribution in [-0.2, 0) is 0 Å². The van der Waals surface area contributed by atoms with Crippen LogP contribution in [0.15, 0.2) is 4.34 Å². The van der Waals surface area contributed by atoms with Gasteiger partial charge in [0.25, 0.3) is 0 Å². The summed E-state index contributed by atoms with van der Waals surface area (Å²) in [6, 6.07) is 0. The lowest BCUT2D eigenvalue weighted by molar-refractivity contribution is 0.284. The number of nitrogens with two attached hydrogens (primary N) is 1. The second kappa shape index (κ2) is 3.18. The number of aliphatic hydroxyl groups is 1. The van der Waals surface area contributed by atoms with Crippen molar-refractivity contribution in [1.82, 2.24) is 10.2 Å². The van der Waals surface area contributed by atoms with Crippen molar-refractivity contribution in [2.75, 3.05) is 5.73 Å².